The first-order valence-electron chi connectivity index (χ1n) is 10.6. The van der Waals surface area contributed by atoms with E-state index in [1.807, 2.05) is 19.2 Å². The van der Waals surface area contributed by atoms with E-state index in [9.17, 15) is 4.79 Å². The van der Waals surface area contributed by atoms with Gasteiger partial charge in [0.1, 0.15) is 12.3 Å². The third-order valence-electron chi connectivity index (χ3n) is 6.20. The highest BCUT2D eigenvalue weighted by Gasteiger charge is 2.30. The highest BCUT2D eigenvalue weighted by molar-refractivity contribution is 6.42. The SMILES string of the molecule is CN1CCN(c2ccccc2C=C2C(C=O)N(c3ccc(Cl)c(Cl)c3)CCN2C)CC1. The molecule has 0 spiro atoms. The minimum Gasteiger partial charge on any atom is -0.374 e. The van der Waals surface area contributed by atoms with Gasteiger partial charge in [0, 0.05) is 63.4 Å². The molecule has 31 heavy (non-hydrogen) atoms. The molecule has 4 rings (SSSR count). The van der Waals surface area contributed by atoms with Gasteiger partial charge < -0.3 is 24.4 Å². The van der Waals surface area contributed by atoms with Gasteiger partial charge in [0.05, 0.1) is 10.0 Å². The summed E-state index contributed by atoms with van der Waals surface area (Å²) in [5, 5.41) is 1.01. The maximum absolute atomic E-state index is 12.3. The third-order valence-corrected chi connectivity index (χ3v) is 6.94. The summed E-state index contributed by atoms with van der Waals surface area (Å²) in [6.45, 7) is 5.64. The van der Waals surface area contributed by atoms with E-state index in [2.05, 4.69) is 57.0 Å². The molecule has 0 aromatic heterocycles. The summed E-state index contributed by atoms with van der Waals surface area (Å²) < 4.78 is 0. The maximum Gasteiger partial charge on any atom is 0.148 e. The molecule has 2 aromatic rings. The van der Waals surface area contributed by atoms with E-state index in [0.29, 0.717) is 10.0 Å². The molecule has 2 aliphatic heterocycles. The Bertz CT molecular complexity index is 972. The lowest BCUT2D eigenvalue weighted by Gasteiger charge is -2.42. The summed E-state index contributed by atoms with van der Waals surface area (Å²) in [6, 6.07) is 13.6. The number of likely N-dealkylation sites (N-methyl/N-ethyl adjacent to an activating group) is 2. The summed E-state index contributed by atoms with van der Waals surface area (Å²) in [4.78, 5) is 21.3. The van der Waals surface area contributed by atoms with Crippen LogP contribution in [-0.4, -0.2) is 75.5 Å². The van der Waals surface area contributed by atoms with E-state index in [0.717, 1.165) is 62.5 Å². The highest BCUT2D eigenvalue weighted by atomic mass is 35.5. The van der Waals surface area contributed by atoms with E-state index in [1.165, 1.54) is 5.69 Å². The van der Waals surface area contributed by atoms with Gasteiger partial charge in [-0.25, -0.2) is 0 Å². The van der Waals surface area contributed by atoms with E-state index in [1.54, 1.807) is 6.07 Å². The average Bonchev–Trinajstić information content (AvgIpc) is 2.78. The quantitative estimate of drug-likeness (QED) is 0.643. The number of benzene rings is 2. The number of rotatable bonds is 4. The van der Waals surface area contributed by atoms with Crippen LogP contribution in [0.3, 0.4) is 0 Å². The molecule has 2 saturated heterocycles. The molecule has 0 aliphatic carbocycles. The summed E-state index contributed by atoms with van der Waals surface area (Å²) in [6.07, 6.45) is 3.18. The summed E-state index contributed by atoms with van der Waals surface area (Å²) in [7, 11) is 4.21. The van der Waals surface area contributed by atoms with Crippen LogP contribution in [0, 0.1) is 0 Å². The average molecular weight is 459 g/mol. The second-order valence-electron chi connectivity index (χ2n) is 8.21. The van der Waals surface area contributed by atoms with Crippen molar-refractivity contribution >= 4 is 46.9 Å². The Labute approximate surface area is 194 Å². The second-order valence-corrected chi connectivity index (χ2v) is 9.03. The third kappa shape index (κ3) is 4.69. The minimum atomic E-state index is -0.392. The number of piperazine rings is 2. The molecule has 164 valence electrons. The van der Waals surface area contributed by atoms with Crippen LogP contribution < -0.4 is 9.80 Å². The summed E-state index contributed by atoms with van der Waals surface area (Å²) in [5.74, 6) is 0. The zero-order chi connectivity index (χ0) is 22.0. The first-order chi connectivity index (χ1) is 15.0. The number of aldehydes is 1. The molecule has 7 heteroatoms. The first kappa shape index (κ1) is 22.0. The molecule has 1 unspecified atom stereocenters. The van der Waals surface area contributed by atoms with E-state index in [-0.39, 0.29) is 0 Å². The van der Waals surface area contributed by atoms with Gasteiger partial charge in [-0.15, -0.1) is 0 Å². The molecular formula is C24H28Cl2N4O. The number of nitrogens with zero attached hydrogens (tertiary/aromatic N) is 4. The van der Waals surface area contributed by atoms with Crippen molar-refractivity contribution in [2.75, 3.05) is 63.2 Å². The summed E-state index contributed by atoms with van der Waals surface area (Å²) in [5.41, 5.74) is 4.23. The Balaban J connectivity index is 1.69. The van der Waals surface area contributed by atoms with Gasteiger partial charge in [-0.3, -0.25) is 0 Å². The van der Waals surface area contributed by atoms with Crippen LogP contribution in [-0.2, 0) is 4.79 Å². The molecule has 2 fully saturated rings. The molecular weight excluding hydrogens is 431 g/mol. The van der Waals surface area contributed by atoms with Crippen LogP contribution in [0.15, 0.2) is 48.2 Å². The fourth-order valence-electron chi connectivity index (χ4n) is 4.31. The first-order valence-corrected chi connectivity index (χ1v) is 11.4. The largest absolute Gasteiger partial charge is 0.374 e. The number of halogens is 2. The van der Waals surface area contributed by atoms with Crippen molar-refractivity contribution in [3.63, 3.8) is 0 Å². The van der Waals surface area contributed by atoms with Gasteiger partial charge >= 0.3 is 0 Å². The molecule has 2 heterocycles. The van der Waals surface area contributed by atoms with Gasteiger partial charge in [-0.1, -0.05) is 41.4 Å². The molecule has 0 radical (unpaired) electrons. The van der Waals surface area contributed by atoms with Gasteiger partial charge in [0.25, 0.3) is 0 Å². The number of carbonyl (C=O) groups excluding carboxylic acids is 1. The molecule has 5 nitrogen and oxygen atoms in total. The number of para-hydroxylation sites is 1. The predicted molar refractivity (Wildman–Crippen MR) is 130 cm³/mol. The fraction of sp³-hybridized carbons (Fsp3) is 0.375. The fourth-order valence-corrected chi connectivity index (χ4v) is 4.60. The molecule has 0 N–H and O–H groups in total. The van der Waals surface area contributed by atoms with Crippen LogP contribution in [0.25, 0.3) is 6.08 Å². The molecule has 0 amide bonds. The topological polar surface area (TPSA) is 30.0 Å². The molecule has 2 aromatic carbocycles. The van der Waals surface area contributed by atoms with Crippen LogP contribution in [0.5, 0.6) is 0 Å². The molecule has 2 aliphatic rings. The lowest BCUT2D eigenvalue weighted by Crippen LogP contribution is -2.51. The van der Waals surface area contributed by atoms with E-state index >= 15 is 0 Å². The maximum atomic E-state index is 12.3. The number of hydrogen-bond donors (Lipinski definition) is 0. The second kappa shape index (κ2) is 9.51. The Morgan fingerprint density at radius 3 is 2.35 bits per heavy atom. The lowest BCUT2D eigenvalue weighted by molar-refractivity contribution is -0.108. The van der Waals surface area contributed by atoms with Crippen LogP contribution in [0.1, 0.15) is 5.56 Å². The van der Waals surface area contributed by atoms with E-state index in [4.69, 9.17) is 23.2 Å². The molecule has 0 saturated carbocycles. The highest BCUT2D eigenvalue weighted by Crippen LogP contribution is 2.33. The van der Waals surface area contributed by atoms with Crippen molar-refractivity contribution in [1.82, 2.24) is 9.80 Å². The Morgan fingerprint density at radius 2 is 1.65 bits per heavy atom. The smallest absolute Gasteiger partial charge is 0.148 e. The van der Waals surface area contributed by atoms with Crippen molar-refractivity contribution in [3.05, 3.63) is 63.8 Å². The zero-order valence-corrected chi connectivity index (χ0v) is 19.5. The van der Waals surface area contributed by atoms with Crippen LogP contribution >= 0.6 is 23.2 Å². The Hall–Kier alpha value is -2.21. The Kier molecular flexibility index (Phi) is 6.75. The van der Waals surface area contributed by atoms with Gasteiger partial charge in [-0.05, 0) is 43.0 Å². The molecule has 1 atom stereocenters. The van der Waals surface area contributed by atoms with Gasteiger partial charge in [-0.2, -0.15) is 0 Å². The lowest BCUT2D eigenvalue weighted by atomic mass is 10.0. The number of anilines is 2. The Morgan fingerprint density at radius 1 is 0.903 bits per heavy atom. The number of hydrogen-bond acceptors (Lipinski definition) is 5. The summed E-state index contributed by atoms with van der Waals surface area (Å²) >= 11 is 12.4. The zero-order valence-electron chi connectivity index (χ0n) is 18.0. The van der Waals surface area contributed by atoms with Gasteiger partial charge in [0.15, 0.2) is 0 Å². The van der Waals surface area contributed by atoms with Crippen molar-refractivity contribution in [2.45, 2.75) is 6.04 Å². The van der Waals surface area contributed by atoms with Crippen molar-refractivity contribution in [1.29, 1.82) is 0 Å². The van der Waals surface area contributed by atoms with Crippen LogP contribution in [0.2, 0.25) is 10.0 Å². The van der Waals surface area contributed by atoms with Crippen molar-refractivity contribution in [2.24, 2.45) is 0 Å². The normalized spacial score (nSPS) is 21.6. The van der Waals surface area contributed by atoms with Gasteiger partial charge in [0.2, 0.25) is 0 Å². The van der Waals surface area contributed by atoms with Crippen molar-refractivity contribution in [3.8, 4) is 0 Å². The standard InChI is InChI=1S/C24H28Cl2N4O/c1-27-9-12-29(13-10-27)22-6-4-3-5-18(22)15-23-24(17-31)30(14-11-28(23)2)19-7-8-20(25)21(26)16-19/h3-8,15-17,24H,9-14H2,1-2H3. The van der Waals surface area contributed by atoms with Crippen molar-refractivity contribution < 1.29 is 4.79 Å². The monoisotopic (exact) mass is 458 g/mol. The van der Waals surface area contributed by atoms with Crippen LogP contribution in [0.4, 0.5) is 11.4 Å². The number of carbonyl (C=O) groups is 1. The van der Waals surface area contributed by atoms with E-state index < -0.39 is 6.04 Å². The molecule has 0 bridgehead atoms. The minimum absolute atomic E-state index is 0.392. The predicted octanol–water partition coefficient (Wildman–Crippen LogP) is 4.11.